The summed E-state index contributed by atoms with van der Waals surface area (Å²) in [6.45, 7) is 1.96. The molecule has 0 saturated heterocycles. The molecule has 2 aromatic heterocycles. The molecule has 3 rings (SSSR count). The molecule has 8 heteroatoms. The van der Waals surface area contributed by atoms with Crippen molar-refractivity contribution in [3.8, 4) is 5.82 Å². The highest BCUT2D eigenvalue weighted by Crippen LogP contribution is 2.10. The van der Waals surface area contributed by atoms with E-state index >= 15 is 0 Å². The number of halogens is 1. The highest BCUT2D eigenvalue weighted by molar-refractivity contribution is 6.30. The van der Waals surface area contributed by atoms with Crippen molar-refractivity contribution in [1.82, 2.24) is 24.9 Å². The van der Waals surface area contributed by atoms with Crippen LogP contribution in [-0.4, -0.2) is 25.5 Å². The van der Waals surface area contributed by atoms with Crippen molar-refractivity contribution in [2.75, 3.05) is 0 Å². The standard InChI is InChI=1S/C17H16ClN5O2/c1-12(17(25)19-11-13-3-5-14(18)6-4-13)23-16(24)8-7-15(21-23)22-10-2-9-20-22/h2-10,12H,11H2,1H3,(H,19,25). The maximum absolute atomic E-state index is 12.4. The summed E-state index contributed by atoms with van der Waals surface area (Å²) >= 11 is 5.84. The zero-order chi connectivity index (χ0) is 17.8. The average molecular weight is 358 g/mol. The van der Waals surface area contributed by atoms with Gasteiger partial charge in [-0.1, -0.05) is 23.7 Å². The van der Waals surface area contributed by atoms with Crippen LogP contribution in [0.1, 0.15) is 18.5 Å². The number of nitrogens with one attached hydrogen (secondary N) is 1. The molecule has 0 aliphatic rings. The lowest BCUT2D eigenvalue weighted by Crippen LogP contribution is -2.37. The fourth-order valence-electron chi connectivity index (χ4n) is 2.27. The Morgan fingerprint density at radius 2 is 2.00 bits per heavy atom. The Bertz CT molecular complexity index is 919. The number of hydrogen-bond acceptors (Lipinski definition) is 4. The lowest BCUT2D eigenvalue weighted by molar-refractivity contribution is -0.124. The summed E-state index contributed by atoms with van der Waals surface area (Å²) in [5, 5.41) is 11.7. The fraction of sp³-hybridized carbons (Fsp3) is 0.176. The van der Waals surface area contributed by atoms with Crippen molar-refractivity contribution in [2.45, 2.75) is 19.5 Å². The lowest BCUT2D eigenvalue weighted by atomic mass is 10.2. The Morgan fingerprint density at radius 1 is 1.24 bits per heavy atom. The largest absolute Gasteiger partial charge is 0.350 e. The van der Waals surface area contributed by atoms with Gasteiger partial charge in [-0.3, -0.25) is 9.59 Å². The Morgan fingerprint density at radius 3 is 2.68 bits per heavy atom. The van der Waals surface area contributed by atoms with Crippen LogP contribution in [0.25, 0.3) is 5.82 Å². The molecule has 0 aliphatic carbocycles. The number of carbonyl (C=O) groups excluding carboxylic acids is 1. The van der Waals surface area contributed by atoms with Crippen LogP contribution >= 0.6 is 11.6 Å². The third-order valence-electron chi connectivity index (χ3n) is 3.68. The minimum Gasteiger partial charge on any atom is -0.350 e. The Hall–Kier alpha value is -2.93. The van der Waals surface area contributed by atoms with Gasteiger partial charge in [-0.15, -0.1) is 5.10 Å². The van der Waals surface area contributed by atoms with Gasteiger partial charge in [0.05, 0.1) is 0 Å². The van der Waals surface area contributed by atoms with Crippen LogP contribution in [0.4, 0.5) is 0 Å². The molecule has 0 bridgehead atoms. The smallest absolute Gasteiger partial charge is 0.267 e. The maximum atomic E-state index is 12.4. The van der Waals surface area contributed by atoms with Gasteiger partial charge in [0.2, 0.25) is 5.91 Å². The molecule has 25 heavy (non-hydrogen) atoms. The number of nitrogens with zero attached hydrogens (tertiary/aromatic N) is 4. The summed E-state index contributed by atoms with van der Waals surface area (Å²) in [5.41, 5.74) is 0.556. The first-order valence-corrected chi connectivity index (χ1v) is 8.04. The second-order valence-electron chi connectivity index (χ2n) is 5.45. The highest BCUT2D eigenvalue weighted by Gasteiger charge is 2.17. The van der Waals surface area contributed by atoms with Crippen molar-refractivity contribution in [3.63, 3.8) is 0 Å². The Kier molecular flexibility index (Phi) is 4.95. The fourth-order valence-corrected chi connectivity index (χ4v) is 2.40. The third kappa shape index (κ3) is 3.95. The first-order valence-electron chi connectivity index (χ1n) is 7.66. The molecule has 0 saturated carbocycles. The molecule has 1 amide bonds. The van der Waals surface area contributed by atoms with E-state index in [0.29, 0.717) is 17.4 Å². The number of amides is 1. The van der Waals surface area contributed by atoms with Gasteiger partial charge in [0, 0.05) is 30.0 Å². The molecule has 0 aliphatic heterocycles. The van der Waals surface area contributed by atoms with Gasteiger partial charge in [0.25, 0.3) is 5.56 Å². The normalized spacial score (nSPS) is 11.9. The van der Waals surface area contributed by atoms with Gasteiger partial charge >= 0.3 is 0 Å². The summed E-state index contributed by atoms with van der Waals surface area (Å²) < 4.78 is 2.67. The maximum Gasteiger partial charge on any atom is 0.267 e. The quantitative estimate of drug-likeness (QED) is 0.756. The number of benzene rings is 1. The predicted octanol–water partition coefficient (Wildman–Crippen LogP) is 1.96. The predicted molar refractivity (Wildman–Crippen MR) is 93.6 cm³/mol. The van der Waals surface area contributed by atoms with Crippen LogP contribution in [0.2, 0.25) is 5.02 Å². The molecule has 3 aromatic rings. The number of carbonyl (C=O) groups is 1. The molecule has 1 aromatic carbocycles. The second kappa shape index (κ2) is 7.31. The van der Waals surface area contributed by atoms with Crippen LogP contribution in [0.3, 0.4) is 0 Å². The average Bonchev–Trinajstić information content (AvgIpc) is 3.15. The summed E-state index contributed by atoms with van der Waals surface area (Å²) in [4.78, 5) is 24.4. The van der Waals surface area contributed by atoms with E-state index in [0.717, 1.165) is 10.2 Å². The van der Waals surface area contributed by atoms with E-state index < -0.39 is 6.04 Å². The minimum absolute atomic E-state index is 0.304. The topological polar surface area (TPSA) is 81.8 Å². The lowest BCUT2D eigenvalue weighted by Gasteiger charge is -2.15. The minimum atomic E-state index is -0.754. The Labute approximate surface area is 148 Å². The zero-order valence-electron chi connectivity index (χ0n) is 13.5. The molecular weight excluding hydrogens is 342 g/mol. The molecule has 1 N–H and O–H groups in total. The van der Waals surface area contributed by atoms with Crippen molar-refractivity contribution < 1.29 is 4.79 Å². The van der Waals surface area contributed by atoms with E-state index in [1.165, 1.54) is 10.7 Å². The SMILES string of the molecule is CC(C(=O)NCc1ccc(Cl)cc1)n1nc(-n2cccn2)ccc1=O. The van der Waals surface area contributed by atoms with Gasteiger partial charge in [-0.2, -0.15) is 5.10 Å². The van der Waals surface area contributed by atoms with Gasteiger partial charge in [0.15, 0.2) is 5.82 Å². The zero-order valence-corrected chi connectivity index (χ0v) is 14.2. The van der Waals surface area contributed by atoms with Crippen LogP contribution < -0.4 is 10.9 Å². The summed E-state index contributed by atoms with van der Waals surface area (Å²) in [5.74, 6) is 0.157. The van der Waals surface area contributed by atoms with Crippen molar-refractivity contribution >= 4 is 17.5 Å². The number of aromatic nitrogens is 4. The third-order valence-corrected chi connectivity index (χ3v) is 3.93. The van der Waals surface area contributed by atoms with E-state index in [1.54, 1.807) is 43.6 Å². The highest BCUT2D eigenvalue weighted by atomic mass is 35.5. The van der Waals surface area contributed by atoms with Gasteiger partial charge in [0.1, 0.15) is 6.04 Å². The van der Waals surface area contributed by atoms with E-state index in [9.17, 15) is 9.59 Å². The van der Waals surface area contributed by atoms with Crippen molar-refractivity contribution in [3.05, 3.63) is 75.8 Å². The molecule has 2 heterocycles. The van der Waals surface area contributed by atoms with Crippen LogP contribution in [-0.2, 0) is 11.3 Å². The summed E-state index contributed by atoms with van der Waals surface area (Å²) in [7, 11) is 0. The van der Waals surface area contributed by atoms with Gasteiger partial charge in [-0.25, -0.2) is 9.36 Å². The number of hydrogen-bond donors (Lipinski definition) is 1. The molecule has 128 valence electrons. The summed E-state index contributed by atoms with van der Waals surface area (Å²) in [6, 6.07) is 11.1. The van der Waals surface area contributed by atoms with E-state index in [2.05, 4.69) is 15.5 Å². The molecule has 0 fully saturated rings. The van der Waals surface area contributed by atoms with Gasteiger partial charge < -0.3 is 5.32 Å². The molecule has 0 spiro atoms. The Balaban J connectivity index is 1.74. The first kappa shape index (κ1) is 16.9. The molecule has 1 atom stereocenters. The van der Waals surface area contributed by atoms with E-state index in [1.807, 2.05) is 12.1 Å². The number of rotatable bonds is 5. The summed E-state index contributed by atoms with van der Waals surface area (Å²) in [6.07, 6.45) is 3.32. The first-order chi connectivity index (χ1) is 12.0. The second-order valence-corrected chi connectivity index (χ2v) is 5.88. The molecular formula is C17H16ClN5O2. The van der Waals surface area contributed by atoms with Crippen LogP contribution in [0.15, 0.2) is 59.7 Å². The van der Waals surface area contributed by atoms with Crippen LogP contribution in [0.5, 0.6) is 0 Å². The molecule has 0 radical (unpaired) electrons. The van der Waals surface area contributed by atoms with E-state index in [4.69, 9.17) is 11.6 Å². The molecule has 7 nitrogen and oxygen atoms in total. The van der Waals surface area contributed by atoms with E-state index in [-0.39, 0.29) is 11.5 Å². The van der Waals surface area contributed by atoms with Gasteiger partial charge in [-0.05, 0) is 36.8 Å². The molecule has 1 unspecified atom stereocenters. The van der Waals surface area contributed by atoms with Crippen LogP contribution in [0, 0.1) is 0 Å². The van der Waals surface area contributed by atoms with Crippen molar-refractivity contribution in [1.29, 1.82) is 0 Å². The van der Waals surface area contributed by atoms with Crippen molar-refractivity contribution in [2.24, 2.45) is 0 Å². The monoisotopic (exact) mass is 357 g/mol.